The van der Waals surface area contributed by atoms with Crippen LogP contribution in [0.3, 0.4) is 0 Å². The molecule has 0 radical (unpaired) electrons. The molecule has 136 valence electrons. The van der Waals surface area contributed by atoms with Gasteiger partial charge in [0.15, 0.2) is 11.5 Å². The van der Waals surface area contributed by atoms with Gasteiger partial charge >= 0.3 is 5.97 Å². The highest BCUT2D eigenvalue weighted by Crippen LogP contribution is 2.35. The first-order valence-electron chi connectivity index (χ1n) is 8.56. The molecule has 1 aliphatic heterocycles. The summed E-state index contributed by atoms with van der Waals surface area (Å²) < 4.78 is 17.7. The topological polar surface area (TPSA) is 62.6 Å². The van der Waals surface area contributed by atoms with Crippen LogP contribution < -0.4 is 9.47 Å². The molecular formula is C21H18N2O4. The quantitative estimate of drug-likeness (QED) is 0.525. The molecule has 1 aliphatic rings. The van der Waals surface area contributed by atoms with E-state index < -0.39 is 5.97 Å². The van der Waals surface area contributed by atoms with Gasteiger partial charge in [0, 0.05) is 23.4 Å². The van der Waals surface area contributed by atoms with E-state index in [1.165, 1.54) is 13.2 Å². The number of carbonyl (C=O) groups is 1. The van der Waals surface area contributed by atoms with Crippen molar-refractivity contribution in [2.75, 3.05) is 20.3 Å². The number of methoxy groups -OCH3 is 1. The zero-order valence-corrected chi connectivity index (χ0v) is 14.8. The SMILES string of the molecule is COC(=O)C=Cc1cn(-c2ccccc2)nc1-c1ccc2c(c1)OCCO2. The van der Waals surface area contributed by atoms with E-state index in [4.69, 9.17) is 19.3 Å². The van der Waals surface area contributed by atoms with Gasteiger partial charge in [0.05, 0.1) is 12.8 Å². The van der Waals surface area contributed by atoms with Crippen LogP contribution >= 0.6 is 0 Å². The third-order valence-electron chi connectivity index (χ3n) is 4.18. The predicted molar refractivity (Wildman–Crippen MR) is 101 cm³/mol. The molecule has 4 rings (SSSR count). The van der Waals surface area contributed by atoms with Crippen molar-refractivity contribution in [1.29, 1.82) is 0 Å². The van der Waals surface area contributed by atoms with E-state index in [-0.39, 0.29) is 0 Å². The summed E-state index contributed by atoms with van der Waals surface area (Å²) in [5.41, 5.74) is 3.32. The van der Waals surface area contributed by atoms with Crippen LogP contribution in [0.4, 0.5) is 0 Å². The third-order valence-corrected chi connectivity index (χ3v) is 4.18. The van der Waals surface area contributed by atoms with E-state index in [1.807, 2.05) is 54.7 Å². The number of hydrogen-bond donors (Lipinski definition) is 0. The van der Waals surface area contributed by atoms with Crippen molar-refractivity contribution in [2.45, 2.75) is 0 Å². The zero-order valence-electron chi connectivity index (χ0n) is 14.8. The number of rotatable bonds is 4. The molecule has 0 spiro atoms. The molecule has 6 nitrogen and oxygen atoms in total. The summed E-state index contributed by atoms with van der Waals surface area (Å²) in [6.07, 6.45) is 4.96. The van der Waals surface area contributed by atoms with E-state index in [9.17, 15) is 4.79 Å². The van der Waals surface area contributed by atoms with Crippen molar-refractivity contribution in [3.8, 4) is 28.4 Å². The highest BCUT2D eigenvalue weighted by atomic mass is 16.6. The maximum absolute atomic E-state index is 11.5. The Bertz CT molecular complexity index is 993. The maximum atomic E-state index is 11.5. The molecule has 0 saturated carbocycles. The first-order chi connectivity index (χ1) is 13.2. The van der Waals surface area contributed by atoms with Crippen molar-refractivity contribution in [3.63, 3.8) is 0 Å². The number of benzene rings is 2. The molecule has 27 heavy (non-hydrogen) atoms. The standard InChI is InChI=1S/C21H18N2O4/c1-25-20(24)10-8-16-14-23(17-5-3-2-4-6-17)22-21(16)15-7-9-18-19(13-15)27-12-11-26-18/h2-10,13-14H,11-12H2,1H3. The monoisotopic (exact) mass is 362 g/mol. The molecule has 2 aromatic carbocycles. The molecule has 0 unspecified atom stereocenters. The van der Waals surface area contributed by atoms with Gasteiger partial charge in [-0.1, -0.05) is 18.2 Å². The molecule has 3 aromatic rings. The van der Waals surface area contributed by atoms with E-state index in [2.05, 4.69) is 0 Å². The molecule has 1 aromatic heterocycles. The largest absolute Gasteiger partial charge is 0.486 e. The first kappa shape index (κ1) is 16.9. The number of nitrogens with zero attached hydrogens (tertiary/aromatic N) is 2. The summed E-state index contributed by atoms with van der Waals surface area (Å²) in [6.45, 7) is 1.06. The average molecular weight is 362 g/mol. The van der Waals surface area contributed by atoms with E-state index in [1.54, 1.807) is 10.8 Å². The van der Waals surface area contributed by atoms with Gasteiger partial charge in [0.25, 0.3) is 0 Å². The fraction of sp³-hybridized carbons (Fsp3) is 0.143. The van der Waals surface area contributed by atoms with Gasteiger partial charge in [-0.2, -0.15) is 5.10 Å². The van der Waals surface area contributed by atoms with Gasteiger partial charge in [-0.3, -0.25) is 0 Å². The second-order valence-electron chi connectivity index (χ2n) is 5.93. The number of fused-ring (bicyclic) bond motifs is 1. The number of para-hydroxylation sites is 1. The summed E-state index contributed by atoms with van der Waals surface area (Å²) in [6, 6.07) is 15.5. The number of carbonyl (C=O) groups excluding carboxylic acids is 1. The van der Waals surface area contributed by atoms with Gasteiger partial charge < -0.3 is 14.2 Å². The fourth-order valence-corrected chi connectivity index (χ4v) is 2.86. The van der Waals surface area contributed by atoms with Gasteiger partial charge in [-0.25, -0.2) is 9.48 Å². The summed E-state index contributed by atoms with van der Waals surface area (Å²) >= 11 is 0. The van der Waals surface area contributed by atoms with Crippen molar-refractivity contribution >= 4 is 12.0 Å². The number of esters is 1. The lowest BCUT2D eigenvalue weighted by Gasteiger charge is -2.18. The molecule has 0 amide bonds. The molecule has 0 bridgehead atoms. The number of ether oxygens (including phenoxy) is 3. The molecule has 2 heterocycles. The van der Waals surface area contributed by atoms with Crippen LogP contribution in [0.25, 0.3) is 23.0 Å². The summed E-state index contributed by atoms with van der Waals surface area (Å²) in [7, 11) is 1.35. The van der Waals surface area contributed by atoms with Crippen LogP contribution in [0.1, 0.15) is 5.56 Å². The number of hydrogen-bond acceptors (Lipinski definition) is 5. The average Bonchev–Trinajstić information content (AvgIpc) is 3.16. The Morgan fingerprint density at radius 1 is 1.11 bits per heavy atom. The molecule has 0 saturated heterocycles. The van der Waals surface area contributed by atoms with Crippen LogP contribution in [0.5, 0.6) is 11.5 Å². The van der Waals surface area contributed by atoms with Crippen LogP contribution in [0, 0.1) is 0 Å². The van der Waals surface area contributed by atoms with Crippen molar-refractivity contribution in [1.82, 2.24) is 9.78 Å². The molecule has 0 aliphatic carbocycles. The predicted octanol–water partition coefficient (Wildman–Crippen LogP) is 3.50. The summed E-state index contributed by atoms with van der Waals surface area (Å²) in [4.78, 5) is 11.5. The molecule has 0 fully saturated rings. The van der Waals surface area contributed by atoms with Gasteiger partial charge in [-0.05, 0) is 36.4 Å². The van der Waals surface area contributed by atoms with Crippen molar-refractivity contribution in [3.05, 3.63) is 66.4 Å². The number of aromatic nitrogens is 2. The lowest BCUT2D eigenvalue weighted by molar-refractivity contribution is -0.134. The Hall–Kier alpha value is -3.54. The molecule has 0 N–H and O–H groups in total. The van der Waals surface area contributed by atoms with Crippen molar-refractivity contribution < 1.29 is 19.0 Å². The minimum atomic E-state index is -0.421. The Morgan fingerprint density at radius 2 is 1.89 bits per heavy atom. The second kappa shape index (κ2) is 7.37. The Morgan fingerprint density at radius 3 is 2.67 bits per heavy atom. The molecule has 0 atom stereocenters. The van der Waals surface area contributed by atoms with E-state index in [0.29, 0.717) is 19.0 Å². The molecular weight excluding hydrogens is 344 g/mol. The highest BCUT2D eigenvalue weighted by Gasteiger charge is 2.16. The second-order valence-corrected chi connectivity index (χ2v) is 5.93. The molecule has 6 heteroatoms. The van der Waals surface area contributed by atoms with Crippen LogP contribution in [-0.2, 0) is 9.53 Å². The summed E-state index contributed by atoms with van der Waals surface area (Å²) in [5, 5.41) is 4.72. The smallest absolute Gasteiger partial charge is 0.330 e. The Labute approximate surface area is 156 Å². The third kappa shape index (κ3) is 3.55. The van der Waals surface area contributed by atoms with Crippen LogP contribution in [0.15, 0.2) is 60.8 Å². The van der Waals surface area contributed by atoms with E-state index >= 15 is 0 Å². The van der Waals surface area contributed by atoms with Crippen LogP contribution in [-0.4, -0.2) is 36.1 Å². The Balaban J connectivity index is 1.79. The van der Waals surface area contributed by atoms with E-state index in [0.717, 1.165) is 28.3 Å². The Kier molecular flexibility index (Phi) is 4.61. The normalized spacial score (nSPS) is 12.9. The minimum absolute atomic E-state index is 0.421. The van der Waals surface area contributed by atoms with Crippen LogP contribution in [0.2, 0.25) is 0 Å². The minimum Gasteiger partial charge on any atom is -0.486 e. The lowest BCUT2D eigenvalue weighted by Crippen LogP contribution is -2.15. The lowest BCUT2D eigenvalue weighted by atomic mass is 10.1. The zero-order chi connectivity index (χ0) is 18.6. The van der Waals surface area contributed by atoms with Gasteiger partial charge in [0.1, 0.15) is 18.9 Å². The first-order valence-corrected chi connectivity index (χ1v) is 8.56. The van der Waals surface area contributed by atoms with Gasteiger partial charge in [-0.15, -0.1) is 0 Å². The van der Waals surface area contributed by atoms with Gasteiger partial charge in [0.2, 0.25) is 0 Å². The summed E-state index contributed by atoms with van der Waals surface area (Å²) in [5.74, 6) is 0.991. The maximum Gasteiger partial charge on any atom is 0.330 e. The van der Waals surface area contributed by atoms with Crippen molar-refractivity contribution in [2.24, 2.45) is 0 Å². The fourth-order valence-electron chi connectivity index (χ4n) is 2.86. The highest BCUT2D eigenvalue weighted by molar-refractivity contribution is 5.88.